The van der Waals surface area contributed by atoms with Crippen LogP contribution in [0.5, 0.6) is 0 Å². The lowest BCUT2D eigenvalue weighted by atomic mass is 10.1. The van der Waals surface area contributed by atoms with E-state index in [0.29, 0.717) is 18.7 Å². The zero-order chi connectivity index (χ0) is 15.1. The van der Waals surface area contributed by atoms with Crippen LogP contribution >= 0.6 is 0 Å². The second-order valence-electron chi connectivity index (χ2n) is 4.66. The summed E-state index contributed by atoms with van der Waals surface area (Å²) >= 11 is 0. The number of rotatable bonds is 5. The van der Waals surface area contributed by atoms with E-state index in [-0.39, 0.29) is 12.4 Å². The van der Waals surface area contributed by atoms with Crippen molar-refractivity contribution in [3.8, 4) is 11.8 Å². The van der Waals surface area contributed by atoms with Gasteiger partial charge in [-0.2, -0.15) is 0 Å². The Balaban J connectivity index is 2.10. The lowest BCUT2D eigenvalue weighted by molar-refractivity contribution is 0.247. The van der Waals surface area contributed by atoms with E-state index in [9.17, 15) is 4.39 Å². The maximum absolute atomic E-state index is 13.6. The van der Waals surface area contributed by atoms with Gasteiger partial charge in [-0.1, -0.05) is 24.8 Å². The molecule has 4 heteroatoms. The first-order valence-electron chi connectivity index (χ1n) is 6.85. The van der Waals surface area contributed by atoms with Gasteiger partial charge >= 0.3 is 0 Å². The molecule has 1 aromatic heterocycles. The molecule has 0 amide bonds. The molecule has 0 saturated heterocycles. The second kappa shape index (κ2) is 7.63. The van der Waals surface area contributed by atoms with Crippen molar-refractivity contribution in [3.05, 3.63) is 59.3 Å². The van der Waals surface area contributed by atoms with Crippen molar-refractivity contribution in [2.45, 2.75) is 20.0 Å². The van der Waals surface area contributed by atoms with E-state index in [4.69, 9.17) is 9.52 Å². The molecule has 21 heavy (non-hydrogen) atoms. The first-order valence-corrected chi connectivity index (χ1v) is 6.85. The minimum atomic E-state index is -0.367. The Labute approximate surface area is 124 Å². The summed E-state index contributed by atoms with van der Waals surface area (Å²) in [5.41, 5.74) is 1.29. The Morgan fingerprint density at radius 1 is 1.29 bits per heavy atom. The number of furan rings is 1. The molecule has 0 radical (unpaired) electrons. The largest absolute Gasteiger partial charge is 0.468 e. The first kappa shape index (κ1) is 15.3. The fourth-order valence-corrected chi connectivity index (χ4v) is 2.06. The standard InChI is InChI=1S/C17H18FNO2/c1-2-19(13-16-6-4-10-21-16)12-14-7-8-17(18)15(11-14)5-3-9-20/h4,6-8,10-11,20H,2,9,12-13H2,1H3. The summed E-state index contributed by atoms with van der Waals surface area (Å²) in [6.07, 6.45) is 1.66. The fourth-order valence-electron chi connectivity index (χ4n) is 2.06. The number of aliphatic hydroxyl groups excluding tert-OH is 1. The van der Waals surface area contributed by atoms with Gasteiger partial charge in [0.15, 0.2) is 0 Å². The molecule has 110 valence electrons. The zero-order valence-electron chi connectivity index (χ0n) is 12.0. The van der Waals surface area contributed by atoms with Gasteiger partial charge in [-0.3, -0.25) is 4.90 Å². The average molecular weight is 287 g/mol. The van der Waals surface area contributed by atoms with Crippen LogP contribution in [-0.4, -0.2) is 23.2 Å². The van der Waals surface area contributed by atoms with Gasteiger partial charge in [0.05, 0.1) is 18.4 Å². The van der Waals surface area contributed by atoms with Crippen molar-refractivity contribution in [2.75, 3.05) is 13.2 Å². The lowest BCUT2D eigenvalue weighted by Crippen LogP contribution is -2.22. The minimum absolute atomic E-state index is 0.275. The van der Waals surface area contributed by atoms with Gasteiger partial charge in [-0.25, -0.2) is 4.39 Å². The van der Waals surface area contributed by atoms with E-state index in [1.807, 2.05) is 12.1 Å². The van der Waals surface area contributed by atoms with Gasteiger partial charge in [0.1, 0.15) is 18.2 Å². The molecule has 0 saturated carbocycles. The average Bonchev–Trinajstić information content (AvgIpc) is 3.00. The molecule has 0 bridgehead atoms. The van der Waals surface area contributed by atoms with Crippen molar-refractivity contribution in [2.24, 2.45) is 0 Å². The van der Waals surface area contributed by atoms with Crippen LogP contribution in [0.1, 0.15) is 23.8 Å². The highest BCUT2D eigenvalue weighted by Crippen LogP contribution is 2.14. The van der Waals surface area contributed by atoms with Gasteiger partial charge in [0, 0.05) is 6.54 Å². The topological polar surface area (TPSA) is 36.6 Å². The van der Waals surface area contributed by atoms with Crippen molar-refractivity contribution in [1.29, 1.82) is 0 Å². The Morgan fingerprint density at radius 3 is 2.81 bits per heavy atom. The normalized spacial score (nSPS) is 10.5. The highest BCUT2D eigenvalue weighted by atomic mass is 19.1. The number of hydrogen-bond donors (Lipinski definition) is 1. The number of halogens is 1. The third-order valence-corrected chi connectivity index (χ3v) is 3.15. The molecule has 0 fully saturated rings. The van der Waals surface area contributed by atoms with Crippen LogP contribution in [0, 0.1) is 17.7 Å². The molecule has 0 spiro atoms. The van der Waals surface area contributed by atoms with E-state index in [2.05, 4.69) is 23.7 Å². The molecular formula is C17H18FNO2. The minimum Gasteiger partial charge on any atom is -0.468 e. The monoisotopic (exact) mass is 287 g/mol. The Bertz CT molecular complexity index is 626. The van der Waals surface area contributed by atoms with Gasteiger partial charge in [0.25, 0.3) is 0 Å². The number of nitrogens with zero attached hydrogens (tertiary/aromatic N) is 1. The third-order valence-electron chi connectivity index (χ3n) is 3.15. The van der Waals surface area contributed by atoms with Crippen molar-refractivity contribution in [1.82, 2.24) is 4.90 Å². The quantitative estimate of drug-likeness (QED) is 0.859. The van der Waals surface area contributed by atoms with Crippen molar-refractivity contribution >= 4 is 0 Å². The molecular weight excluding hydrogens is 269 g/mol. The summed E-state index contributed by atoms with van der Waals surface area (Å²) in [7, 11) is 0. The van der Waals surface area contributed by atoms with Crippen molar-refractivity contribution < 1.29 is 13.9 Å². The molecule has 0 unspecified atom stereocenters. The van der Waals surface area contributed by atoms with Gasteiger partial charge < -0.3 is 9.52 Å². The summed E-state index contributed by atoms with van der Waals surface area (Å²) in [5, 5.41) is 8.70. The second-order valence-corrected chi connectivity index (χ2v) is 4.66. The van der Waals surface area contributed by atoms with E-state index in [1.54, 1.807) is 18.4 Å². The highest BCUT2D eigenvalue weighted by molar-refractivity contribution is 5.38. The Morgan fingerprint density at radius 2 is 2.14 bits per heavy atom. The molecule has 1 heterocycles. The molecule has 1 N–H and O–H groups in total. The predicted molar refractivity (Wildman–Crippen MR) is 78.9 cm³/mol. The molecule has 0 aliphatic rings. The van der Waals surface area contributed by atoms with Crippen LogP contribution in [0.15, 0.2) is 41.0 Å². The maximum atomic E-state index is 13.6. The van der Waals surface area contributed by atoms with E-state index in [1.165, 1.54) is 6.07 Å². The zero-order valence-corrected chi connectivity index (χ0v) is 12.0. The van der Waals surface area contributed by atoms with Gasteiger partial charge in [0.2, 0.25) is 0 Å². The molecule has 2 aromatic rings. The first-order chi connectivity index (χ1) is 10.2. The van der Waals surface area contributed by atoms with Crippen molar-refractivity contribution in [3.63, 3.8) is 0 Å². The lowest BCUT2D eigenvalue weighted by Gasteiger charge is -2.19. The van der Waals surface area contributed by atoms with Crippen LogP contribution in [0.25, 0.3) is 0 Å². The van der Waals surface area contributed by atoms with E-state index >= 15 is 0 Å². The SMILES string of the molecule is CCN(Cc1ccc(F)c(C#CCO)c1)Cc1ccco1. The summed E-state index contributed by atoms with van der Waals surface area (Å²) in [4.78, 5) is 2.19. The molecule has 0 aliphatic carbocycles. The fraction of sp³-hybridized carbons (Fsp3) is 0.294. The van der Waals surface area contributed by atoms with Crippen LogP contribution in [0.3, 0.4) is 0 Å². The van der Waals surface area contributed by atoms with E-state index < -0.39 is 0 Å². The molecule has 2 rings (SSSR count). The number of benzene rings is 1. The predicted octanol–water partition coefficient (Wildman–Crippen LogP) is 2.78. The summed E-state index contributed by atoms with van der Waals surface area (Å²) in [6, 6.07) is 8.69. The highest BCUT2D eigenvalue weighted by Gasteiger charge is 2.08. The van der Waals surface area contributed by atoms with Crippen LogP contribution < -0.4 is 0 Å². The summed E-state index contributed by atoms with van der Waals surface area (Å²) in [5.74, 6) is 5.64. The van der Waals surface area contributed by atoms with Crippen LogP contribution in [0.2, 0.25) is 0 Å². The molecule has 1 aromatic carbocycles. The molecule has 0 atom stereocenters. The number of aliphatic hydroxyl groups is 1. The Kier molecular flexibility index (Phi) is 5.56. The maximum Gasteiger partial charge on any atom is 0.138 e. The number of hydrogen-bond acceptors (Lipinski definition) is 3. The molecule has 3 nitrogen and oxygen atoms in total. The molecule has 0 aliphatic heterocycles. The Hall–Kier alpha value is -2.09. The van der Waals surface area contributed by atoms with Gasteiger partial charge in [-0.05, 0) is 36.4 Å². The van der Waals surface area contributed by atoms with Crippen LogP contribution in [0.4, 0.5) is 4.39 Å². The third kappa shape index (κ3) is 4.45. The van der Waals surface area contributed by atoms with E-state index in [0.717, 1.165) is 17.9 Å². The summed E-state index contributed by atoms with van der Waals surface area (Å²) in [6.45, 7) is 4.04. The summed E-state index contributed by atoms with van der Waals surface area (Å²) < 4.78 is 19.0. The smallest absolute Gasteiger partial charge is 0.138 e. The van der Waals surface area contributed by atoms with Crippen LogP contribution in [-0.2, 0) is 13.1 Å². The van der Waals surface area contributed by atoms with Gasteiger partial charge in [-0.15, -0.1) is 0 Å².